The van der Waals surface area contributed by atoms with Crippen LogP contribution >= 0.6 is 11.3 Å². The zero-order chi connectivity index (χ0) is 33.7. The molecule has 0 saturated carbocycles. The van der Waals surface area contributed by atoms with Crippen molar-refractivity contribution in [2.24, 2.45) is 0 Å². The summed E-state index contributed by atoms with van der Waals surface area (Å²) < 4.78 is 2.50. The number of aromatic nitrogens is 4. The van der Waals surface area contributed by atoms with Crippen LogP contribution in [0.15, 0.2) is 170 Å². The van der Waals surface area contributed by atoms with Gasteiger partial charge in [-0.25, -0.2) is 19.9 Å². The number of para-hydroxylation sites is 1. The number of thiophene rings is 1. The molecule has 238 valence electrons. The van der Waals surface area contributed by atoms with Crippen LogP contribution in [0.25, 0.3) is 98.4 Å². The third-order valence-electron chi connectivity index (χ3n) is 9.49. The molecule has 0 amide bonds. The zero-order valence-corrected chi connectivity index (χ0v) is 28.2. The molecule has 51 heavy (non-hydrogen) atoms. The van der Waals surface area contributed by atoms with Crippen molar-refractivity contribution in [1.82, 2.24) is 19.9 Å². The molecule has 7 aromatic carbocycles. The second-order valence-electron chi connectivity index (χ2n) is 12.6. The molecule has 0 aliphatic heterocycles. The van der Waals surface area contributed by atoms with Crippen LogP contribution in [0.5, 0.6) is 0 Å². The molecule has 0 radical (unpaired) electrons. The molecule has 4 nitrogen and oxygen atoms in total. The van der Waals surface area contributed by atoms with Gasteiger partial charge in [-0.2, -0.15) is 0 Å². The van der Waals surface area contributed by atoms with E-state index >= 15 is 0 Å². The summed E-state index contributed by atoms with van der Waals surface area (Å²) in [4.78, 5) is 20.3. The third-order valence-corrected chi connectivity index (χ3v) is 10.7. The molecule has 3 aromatic heterocycles. The van der Waals surface area contributed by atoms with Crippen LogP contribution in [0, 0.1) is 0 Å². The van der Waals surface area contributed by atoms with Gasteiger partial charge in [0.25, 0.3) is 0 Å². The molecule has 0 unspecified atom stereocenters. The van der Waals surface area contributed by atoms with Gasteiger partial charge in [-0.1, -0.05) is 140 Å². The van der Waals surface area contributed by atoms with Crippen molar-refractivity contribution in [3.8, 4) is 56.5 Å². The number of fused-ring (bicyclic) bond motifs is 6. The van der Waals surface area contributed by atoms with Crippen molar-refractivity contribution in [1.29, 1.82) is 0 Å². The summed E-state index contributed by atoms with van der Waals surface area (Å²) in [5.74, 6) is 1.93. The number of rotatable bonds is 5. The van der Waals surface area contributed by atoms with Gasteiger partial charge in [0.2, 0.25) is 0 Å². The van der Waals surface area contributed by atoms with Gasteiger partial charge >= 0.3 is 0 Å². The van der Waals surface area contributed by atoms with Crippen molar-refractivity contribution in [3.05, 3.63) is 170 Å². The maximum absolute atomic E-state index is 5.30. The molecule has 0 atom stereocenters. The van der Waals surface area contributed by atoms with E-state index in [4.69, 9.17) is 19.9 Å². The molecule has 0 bridgehead atoms. The van der Waals surface area contributed by atoms with Gasteiger partial charge in [0, 0.05) is 58.8 Å². The van der Waals surface area contributed by atoms with E-state index in [1.54, 1.807) is 0 Å². The quantitative estimate of drug-likeness (QED) is 0.171. The van der Waals surface area contributed by atoms with E-state index < -0.39 is 0 Å². The number of benzene rings is 7. The van der Waals surface area contributed by atoms with Gasteiger partial charge in [-0.05, 0) is 41.3 Å². The van der Waals surface area contributed by atoms with E-state index in [0.717, 1.165) is 55.4 Å². The average molecular weight is 669 g/mol. The minimum atomic E-state index is 0.635. The van der Waals surface area contributed by atoms with E-state index in [0.29, 0.717) is 17.5 Å². The standard InChI is InChI=1S/C46H28N4S/c1-3-14-29(15-4-1)44-48-45(30-16-5-2-6-17-30)50-46(49-44)32-19-13-18-31(26-32)38-27-33(28-39-36-22-10-12-25-41(36)51-43(38)39)42-37-23-8-7-20-34(37)35-21-9-11-24-40(35)47-42/h1-28H. The molecule has 0 spiro atoms. The molecule has 0 saturated heterocycles. The Morgan fingerprint density at radius 2 is 0.882 bits per heavy atom. The molecule has 3 heterocycles. The highest BCUT2D eigenvalue weighted by Gasteiger charge is 2.18. The average Bonchev–Trinajstić information content (AvgIpc) is 3.59. The third kappa shape index (κ3) is 5.14. The highest BCUT2D eigenvalue weighted by atomic mass is 32.1. The van der Waals surface area contributed by atoms with E-state index in [-0.39, 0.29) is 0 Å². The smallest absolute Gasteiger partial charge is 0.164 e. The highest BCUT2D eigenvalue weighted by Crippen LogP contribution is 2.44. The Balaban J connectivity index is 1.21. The van der Waals surface area contributed by atoms with Gasteiger partial charge in [0.1, 0.15) is 0 Å². The fraction of sp³-hybridized carbons (Fsp3) is 0. The molecular weight excluding hydrogens is 641 g/mol. The number of hydrogen-bond acceptors (Lipinski definition) is 5. The van der Waals surface area contributed by atoms with Crippen molar-refractivity contribution in [3.63, 3.8) is 0 Å². The summed E-state index contributed by atoms with van der Waals surface area (Å²) in [5.41, 5.74) is 8.14. The Bertz CT molecular complexity index is 2860. The number of pyridine rings is 1. The Hall–Kier alpha value is -6.56. The second-order valence-corrected chi connectivity index (χ2v) is 13.7. The van der Waals surface area contributed by atoms with Crippen LogP contribution in [-0.2, 0) is 0 Å². The molecule has 0 aliphatic rings. The molecular formula is C46H28N4S. The van der Waals surface area contributed by atoms with E-state index in [9.17, 15) is 0 Å². The predicted molar refractivity (Wildman–Crippen MR) is 213 cm³/mol. The topological polar surface area (TPSA) is 51.6 Å². The van der Waals surface area contributed by atoms with E-state index in [1.807, 2.05) is 72.0 Å². The van der Waals surface area contributed by atoms with Crippen LogP contribution in [0.2, 0.25) is 0 Å². The molecule has 0 N–H and O–H groups in total. The molecule has 10 rings (SSSR count). The Labute approximate surface area is 298 Å². The van der Waals surface area contributed by atoms with Crippen molar-refractivity contribution >= 4 is 53.2 Å². The van der Waals surface area contributed by atoms with Crippen molar-refractivity contribution < 1.29 is 0 Å². The first-order valence-electron chi connectivity index (χ1n) is 17.0. The first-order valence-corrected chi connectivity index (χ1v) is 17.8. The van der Waals surface area contributed by atoms with Crippen LogP contribution in [-0.4, -0.2) is 19.9 Å². The summed E-state index contributed by atoms with van der Waals surface area (Å²) >= 11 is 1.83. The van der Waals surface area contributed by atoms with E-state index in [2.05, 4.69) is 109 Å². The lowest BCUT2D eigenvalue weighted by molar-refractivity contribution is 1.07. The normalized spacial score (nSPS) is 11.5. The van der Waals surface area contributed by atoms with Crippen molar-refractivity contribution in [2.45, 2.75) is 0 Å². The number of hydrogen-bond donors (Lipinski definition) is 0. The summed E-state index contributed by atoms with van der Waals surface area (Å²) in [6, 6.07) is 59.2. The van der Waals surface area contributed by atoms with Gasteiger partial charge in [-0.15, -0.1) is 11.3 Å². The first kappa shape index (κ1) is 29.4. The van der Waals surface area contributed by atoms with Gasteiger partial charge in [-0.3, -0.25) is 0 Å². The Kier molecular flexibility index (Phi) is 6.96. The van der Waals surface area contributed by atoms with Crippen molar-refractivity contribution in [2.75, 3.05) is 0 Å². The highest BCUT2D eigenvalue weighted by molar-refractivity contribution is 7.26. The largest absolute Gasteiger partial charge is 0.247 e. The molecule has 0 fully saturated rings. The maximum atomic E-state index is 5.30. The maximum Gasteiger partial charge on any atom is 0.164 e. The molecule has 10 aromatic rings. The van der Waals surface area contributed by atoms with Crippen LogP contribution in [0.4, 0.5) is 0 Å². The monoisotopic (exact) mass is 668 g/mol. The summed E-state index contributed by atoms with van der Waals surface area (Å²) in [6.45, 7) is 0. The minimum Gasteiger partial charge on any atom is -0.247 e. The number of nitrogens with zero attached hydrogens (tertiary/aromatic N) is 4. The predicted octanol–water partition coefficient (Wildman–Crippen LogP) is 12.3. The lowest BCUT2D eigenvalue weighted by Gasteiger charge is -2.13. The Morgan fingerprint density at radius 3 is 1.61 bits per heavy atom. The summed E-state index contributed by atoms with van der Waals surface area (Å²) in [7, 11) is 0. The summed E-state index contributed by atoms with van der Waals surface area (Å²) in [6.07, 6.45) is 0. The van der Waals surface area contributed by atoms with Gasteiger partial charge in [0.15, 0.2) is 17.5 Å². The van der Waals surface area contributed by atoms with Gasteiger partial charge in [0.05, 0.1) is 11.2 Å². The Morgan fingerprint density at radius 1 is 0.333 bits per heavy atom. The lowest BCUT2D eigenvalue weighted by atomic mass is 9.94. The SMILES string of the molecule is c1ccc(-c2nc(-c3ccccc3)nc(-c3cccc(-c4cc(-c5nc6ccccc6c6ccccc56)cc5c4sc4ccccc45)c3)n2)cc1. The zero-order valence-electron chi connectivity index (χ0n) is 27.4. The van der Waals surface area contributed by atoms with E-state index in [1.165, 1.54) is 25.6 Å². The minimum absolute atomic E-state index is 0.635. The lowest BCUT2D eigenvalue weighted by Crippen LogP contribution is -2.00. The molecule has 5 heteroatoms. The summed E-state index contributed by atoms with van der Waals surface area (Å²) in [5, 5.41) is 5.98. The van der Waals surface area contributed by atoms with Crippen LogP contribution in [0.1, 0.15) is 0 Å². The van der Waals surface area contributed by atoms with Crippen LogP contribution in [0.3, 0.4) is 0 Å². The fourth-order valence-corrected chi connectivity index (χ4v) is 8.29. The molecule has 0 aliphatic carbocycles. The fourth-order valence-electron chi connectivity index (χ4n) is 7.07. The van der Waals surface area contributed by atoms with Gasteiger partial charge < -0.3 is 0 Å². The second kappa shape index (κ2) is 12.1. The van der Waals surface area contributed by atoms with Crippen LogP contribution < -0.4 is 0 Å². The first-order chi connectivity index (χ1) is 25.3.